The lowest BCUT2D eigenvalue weighted by Crippen LogP contribution is -2.15. The Bertz CT molecular complexity index is 474. The number of carbonyl (C=O) groups excluding carboxylic acids is 1. The zero-order valence-corrected chi connectivity index (χ0v) is 10.1. The van der Waals surface area contributed by atoms with Crippen LogP contribution in [0.2, 0.25) is 0 Å². The molecule has 1 rings (SSSR count). The topological polar surface area (TPSA) is 77.2 Å². The quantitative estimate of drug-likeness (QED) is 0.798. The maximum Gasteiger partial charge on any atom is 0.180 e. The van der Waals surface area contributed by atoms with Crippen LogP contribution in [0.1, 0.15) is 24.2 Å². The Balaban J connectivity index is 3.10. The number of hydrogen-bond donors (Lipinski definition) is 1. The van der Waals surface area contributed by atoms with E-state index < -0.39 is 15.1 Å². The van der Waals surface area contributed by atoms with Crippen molar-refractivity contribution in [2.24, 2.45) is 5.73 Å². The maximum absolute atomic E-state index is 11.8. The smallest absolute Gasteiger partial charge is 0.180 e. The molecule has 4 nitrogen and oxygen atoms in total. The van der Waals surface area contributed by atoms with E-state index in [1.165, 1.54) is 24.3 Å². The fraction of sp³-hybridized carbons (Fsp3) is 0.364. The predicted molar refractivity (Wildman–Crippen MR) is 62.1 cm³/mol. The third-order valence-electron chi connectivity index (χ3n) is 2.31. The van der Waals surface area contributed by atoms with Crippen molar-refractivity contribution >= 4 is 15.6 Å². The van der Waals surface area contributed by atoms with E-state index in [2.05, 4.69) is 0 Å². The second kappa shape index (κ2) is 4.76. The van der Waals surface area contributed by atoms with Gasteiger partial charge in [0.25, 0.3) is 0 Å². The second-order valence-corrected chi connectivity index (χ2v) is 6.25. The van der Waals surface area contributed by atoms with Crippen LogP contribution < -0.4 is 5.73 Å². The van der Waals surface area contributed by atoms with Crippen LogP contribution in [-0.4, -0.2) is 26.0 Å². The van der Waals surface area contributed by atoms with Crippen LogP contribution >= 0.6 is 0 Å². The number of nitrogens with two attached hydrogens (primary N) is 1. The van der Waals surface area contributed by atoms with Crippen molar-refractivity contribution in [3.8, 4) is 0 Å². The van der Waals surface area contributed by atoms with Gasteiger partial charge >= 0.3 is 0 Å². The molecule has 0 atom stereocenters. The second-order valence-electron chi connectivity index (χ2n) is 3.75. The molecule has 0 saturated heterocycles. The lowest BCUT2D eigenvalue weighted by Gasteiger charge is -2.07. The number of Topliss-reactive ketones (excluding diaryl/α,β-unsaturated/α-hetero) is 1. The fourth-order valence-electron chi connectivity index (χ4n) is 1.22. The van der Waals surface area contributed by atoms with Crippen molar-refractivity contribution in [1.29, 1.82) is 0 Å². The monoisotopic (exact) mass is 241 g/mol. The highest BCUT2D eigenvalue weighted by atomic mass is 32.2. The van der Waals surface area contributed by atoms with Crippen LogP contribution in [0.3, 0.4) is 0 Å². The molecule has 0 unspecified atom stereocenters. The van der Waals surface area contributed by atoms with Crippen LogP contribution in [0.4, 0.5) is 0 Å². The number of ketones is 1. The lowest BCUT2D eigenvalue weighted by atomic mass is 10.1. The van der Waals surface area contributed by atoms with E-state index in [4.69, 9.17) is 5.73 Å². The lowest BCUT2D eigenvalue weighted by molar-refractivity contribution is 0.100. The van der Waals surface area contributed by atoms with Crippen molar-refractivity contribution < 1.29 is 13.2 Å². The number of rotatable bonds is 4. The maximum atomic E-state index is 11.8. The zero-order chi connectivity index (χ0) is 12.3. The van der Waals surface area contributed by atoms with Gasteiger partial charge in [-0.2, -0.15) is 0 Å². The summed E-state index contributed by atoms with van der Waals surface area (Å²) in [7, 11) is -3.27. The molecule has 0 amide bonds. The molecular formula is C11H15NO3S. The minimum Gasteiger partial charge on any atom is -0.324 e. The summed E-state index contributed by atoms with van der Waals surface area (Å²) >= 11 is 0. The van der Waals surface area contributed by atoms with Gasteiger partial charge in [0.05, 0.1) is 16.7 Å². The van der Waals surface area contributed by atoms with E-state index in [9.17, 15) is 13.2 Å². The van der Waals surface area contributed by atoms with E-state index >= 15 is 0 Å². The molecule has 0 fully saturated rings. The Morgan fingerprint density at radius 2 is 1.75 bits per heavy atom. The molecule has 0 radical (unpaired) electrons. The minimum atomic E-state index is -3.27. The van der Waals surface area contributed by atoms with Crippen molar-refractivity contribution in [2.45, 2.75) is 24.0 Å². The highest BCUT2D eigenvalue weighted by Gasteiger charge is 2.19. The molecule has 2 N–H and O–H groups in total. The predicted octanol–water partition coefficient (Wildman–Crippen LogP) is 1.01. The Morgan fingerprint density at radius 3 is 2.12 bits per heavy atom. The summed E-state index contributed by atoms with van der Waals surface area (Å²) in [5, 5.41) is -0.469. The third-order valence-corrected chi connectivity index (χ3v) is 4.48. The van der Waals surface area contributed by atoms with Crippen molar-refractivity contribution in [3.63, 3.8) is 0 Å². The van der Waals surface area contributed by atoms with E-state index in [0.717, 1.165) is 0 Å². The molecule has 1 aromatic carbocycles. The van der Waals surface area contributed by atoms with Gasteiger partial charge < -0.3 is 5.73 Å². The number of hydrogen-bond acceptors (Lipinski definition) is 4. The minimum absolute atomic E-state index is 0.0731. The van der Waals surface area contributed by atoms with Crippen LogP contribution in [0.25, 0.3) is 0 Å². The molecular weight excluding hydrogens is 226 g/mol. The van der Waals surface area contributed by atoms with Crippen molar-refractivity contribution in [3.05, 3.63) is 29.8 Å². The largest absolute Gasteiger partial charge is 0.324 e. The van der Waals surface area contributed by atoms with Gasteiger partial charge in [-0.15, -0.1) is 0 Å². The summed E-state index contributed by atoms with van der Waals surface area (Å²) in [6.07, 6.45) is 0. The Kier molecular flexibility index (Phi) is 3.83. The molecule has 88 valence electrons. The molecule has 16 heavy (non-hydrogen) atoms. The van der Waals surface area contributed by atoms with Gasteiger partial charge in [0.1, 0.15) is 0 Å². The van der Waals surface area contributed by atoms with Crippen LogP contribution in [0, 0.1) is 0 Å². The van der Waals surface area contributed by atoms with Crippen molar-refractivity contribution in [1.82, 2.24) is 0 Å². The van der Waals surface area contributed by atoms with Crippen molar-refractivity contribution in [2.75, 3.05) is 6.54 Å². The molecule has 0 aliphatic rings. The Labute approximate surface area is 95.4 Å². The zero-order valence-electron chi connectivity index (χ0n) is 9.30. The van der Waals surface area contributed by atoms with Gasteiger partial charge in [0.15, 0.2) is 15.6 Å². The van der Waals surface area contributed by atoms with Gasteiger partial charge in [-0.1, -0.05) is 12.1 Å². The summed E-state index contributed by atoms with van der Waals surface area (Å²) < 4.78 is 23.5. The molecule has 0 aromatic heterocycles. The van der Waals surface area contributed by atoms with Crippen LogP contribution in [0.15, 0.2) is 29.2 Å². The first kappa shape index (κ1) is 12.9. The van der Waals surface area contributed by atoms with Crippen LogP contribution in [0.5, 0.6) is 0 Å². The van der Waals surface area contributed by atoms with Gasteiger partial charge in [0, 0.05) is 5.56 Å². The van der Waals surface area contributed by atoms with E-state index in [-0.39, 0.29) is 17.2 Å². The first-order chi connectivity index (χ1) is 7.39. The van der Waals surface area contributed by atoms with Crippen LogP contribution in [-0.2, 0) is 9.84 Å². The molecule has 0 heterocycles. The normalized spacial score (nSPS) is 11.8. The number of carbonyl (C=O) groups is 1. The molecule has 0 spiro atoms. The highest BCUT2D eigenvalue weighted by Crippen LogP contribution is 2.16. The summed E-state index contributed by atoms with van der Waals surface area (Å²) in [5.74, 6) is -0.200. The third kappa shape index (κ3) is 2.48. The summed E-state index contributed by atoms with van der Waals surface area (Å²) in [6, 6.07) is 5.87. The Morgan fingerprint density at radius 1 is 1.25 bits per heavy atom. The molecule has 0 aliphatic carbocycles. The average molecular weight is 241 g/mol. The molecule has 0 bridgehead atoms. The summed E-state index contributed by atoms with van der Waals surface area (Å²) in [4.78, 5) is 11.5. The molecule has 0 aliphatic heterocycles. The SMILES string of the molecule is CC(C)S(=O)(=O)c1ccc(C(=O)CN)cc1. The fourth-order valence-corrected chi connectivity index (χ4v) is 2.28. The molecule has 5 heteroatoms. The summed E-state index contributed by atoms with van der Waals surface area (Å²) in [6.45, 7) is 3.17. The van der Waals surface area contributed by atoms with Gasteiger partial charge in [-0.25, -0.2) is 8.42 Å². The average Bonchev–Trinajstić information content (AvgIpc) is 2.28. The molecule has 1 aromatic rings. The number of sulfone groups is 1. The van der Waals surface area contributed by atoms with E-state index in [1.807, 2.05) is 0 Å². The first-order valence-corrected chi connectivity index (χ1v) is 6.51. The first-order valence-electron chi connectivity index (χ1n) is 4.97. The highest BCUT2D eigenvalue weighted by molar-refractivity contribution is 7.92. The van der Waals surface area contributed by atoms with E-state index in [1.54, 1.807) is 13.8 Å². The summed E-state index contributed by atoms with van der Waals surface area (Å²) in [5.41, 5.74) is 5.64. The molecule has 0 saturated carbocycles. The van der Waals surface area contributed by atoms with Gasteiger partial charge in [-0.05, 0) is 26.0 Å². The Hall–Kier alpha value is -1.20. The number of benzene rings is 1. The standard InChI is InChI=1S/C11H15NO3S/c1-8(2)16(14,15)10-5-3-9(4-6-10)11(13)7-12/h3-6,8H,7,12H2,1-2H3. The van der Waals surface area contributed by atoms with Gasteiger partial charge in [0.2, 0.25) is 0 Å². The van der Waals surface area contributed by atoms with E-state index in [0.29, 0.717) is 5.56 Å². The van der Waals surface area contributed by atoms with Gasteiger partial charge in [-0.3, -0.25) is 4.79 Å².